The third-order valence-electron chi connectivity index (χ3n) is 3.67. The quantitative estimate of drug-likeness (QED) is 0.507. The maximum atomic E-state index is 11.7. The minimum Gasteiger partial charge on any atom is -0.466 e. The lowest BCUT2D eigenvalue weighted by molar-refractivity contribution is -0.148. The molecule has 0 unspecified atom stereocenters. The summed E-state index contributed by atoms with van der Waals surface area (Å²) in [6, 6.07) is 0. The first-order chi connectivity index (χ1) is 9.53. The summed E-state index contributed by atoms with van der Waals surface area (Å²) in [5.74, 6) is -0.684. The summed E-state index contributed by atoms with van der Waals surface area (Å²) in [7, 11) is -2.06. The predicted molar refractivity (Wildman–Crippen MR) is 84.6 cm³/mol. The van der Waals surface area contributed by atoms with Crippen molar-refractivity contribution in [3.63, 3.8) is 0 Å². The summed E-state index contributed by atoms with van der Waals surface area (Å²) < 4.78 is 16.1. The van der Waals surface area contributed by atoms with Crippen LogP contribution >= 0.6 is 0 Å². The molecular weight excluding hydrogens is 288 g/mol. The maximum Gasteiger partial charge on any atom is 0.308 e. The van der Waals surface area contributed by atoms with E-state index in [1.54, 1.807) is 13.8 Å². The second kappa shape index (κ2) is 8.53. The van der Waals surface area contributed by atoms with Crippen molar-refractivity contribution in [1.82, 2.24) is 0 Å². The van der Waals surface area contributed by atoms with Crippen LogP contribution in [0.1, 0.15) is 47.5 Å². The molecule has 0 bridgehead atoms. The van der Waals surface area contributed by atoms with Crippen LogP contribution in [0.5, 0.6) is 0 Å². The number of carbonyl (C=O) groups excluding carboxylic acids is 2. The first-order valence-corrected chi connectivity index (χ1v) is 10.4. The summed E-state index contributed by atoms with van der Waals surface area (Å²) in [5, 5.41) is 0.00850. The molecule has 0 aromatic carbocycles. The minimum absolute atomic E-state index is 0.00850. The van der Waals surface area contributed by atoms with E-state index in [2.05, 4.69) is 33.9 Å². The Hall–Kier alpha value is -0.883. The van der Waals surface area contributed by atoms with Crippen molar-refractivity contribution in [2.75, 3.05) is 13.2 Å². The van der Waals surface area contributed by atoms with Crippen LogP contribution < -0.4 is 0 Å². The molecule has 0 aromatic heterocycles. The van der Waals surface area contributed by atoms with Crippen molar-refractivity contribution in [3.05, 3.63) is 0 Å². The lowest BCUT2D eigenvalue weighted by Crippen LogP contribution is -2.45. The van der Waals surface area contributed by atoms with Crippen molar-refractivity contribution in [3.8, 4) is 0 Å². The molecule has 0 saturated carbocycles. The lowest BCUT2D eigenvalue weighted by atomic mass is 10.2. The summed E-state index contributed by atoms with van der Waals surface area (Å²) in [6.45, 7) is 14.7. The molecule has 0 saturated heterocycles. The Kier molecular flexibility index (Phi) is 8.17. The van der Waals surface area contributed by atoms with Gasteiger partial charge in [0.1, 0.15) is 0 Å². The van der Waals surface area contributed by atoms with Crippen LogP contribution in [0.4, 0.5) is 0 Å². The van der Waals surface area contributed by atoms with Crippen LogP contribution in [0, 0.1) is 0 Å². The van der Waals surface area contributed by atoms with Crippen LogP contribution in [0.15, 0.2) is 0 Å². The first kappa shape index (κ1) is 20.1. The second-order valence-electron chi connectivity index (χ2n) is 6.52. The molecule has 0 radical (unpaired) electrons. The molecule has 0 spiro atoms. The molecule has 0 heterocycles. The van der Waals surface area contributed by atoms with Crippen LogP contribution in [0.3, 0.4) is 0 Å². The highest BCUT2D eigenvalue weighted by molar-refractivity contribution is 6.74. The lowest BCUT2D eigenvalue weighted by Gasteiger charge is -2.39. The van der Waals surface area contributed by atoms with Gasteiger partial charge in [0.25, 0.3) is 0 Å². The van der Waals surface area contributed by atoms with Gasteiger partial charge in [0.05, 0.1) is 32.2 Å². The van der Waals surface area contributed by atoms with Crippen molar-refractivity contribution >= 4 is 20.3 Å². The van der Waals surface area contributed by atoms with Crippen LogP contribution in [0.25, 0.3) is 0 Å². The van der Waals surface area contributed by atoms with Gasteiger partial charge in [-0.2, -0.15) is 0 Å². The van der Waals surface area contributed by atoms with Gasteiger partial charge < -0.3 is 13.9 Å². The van der Waals surface area contributed by atoms with Gasteiger partial charge in [-0.3, -0.25) is 9.59 Å². The van der Waals surface area contributed by atoms with E-state index in [1.807, 2.05) is 0 Å². The van der Waals surface area contributed by atoms with E-state index >= 15 is 0 Å². The topological polar surface area (TPSA) is 61.8 Å². The fraction of sp³-hybridized carbons (Fsp3) is 0.867. The first-order valence-electron chi connectivity index (χ1n) is 7.52. The van der Waals surface area contributed by atoms with E-state index in [-0.39, 0.29) is 29.8 Å². The van der Waals surface area contributed by atoms with Crippen LogP contribution in [-0.4, -0.2) is 39.6 Å². The Morgan fingerprint density at radius 2 is 1.33 bits per heavy atom. The standard InChI is InChI=1S/C15H30O5Si/c1-8-18-13(16)10-12(11-14(17)19-9-2)20-21(6,7)15(3,4)5/h12H,8-11H2,1-7H3. The van der Waals surface area contributed by atoms with Crippen molar-refractivity contribution in [1.29, 1.82) is 0 Å². The zero-order valence-electron chi connectivity index (χ0n) is 14.4. The average molecular weight is 318 g/mol. The fourth-order valence-corrected chi connectivity index (χ4v) is 2.91. The molecular formula is C15H30O5Si. The Bertz CT molecular complexity index is 326. The summed E-state index contributed by atoms with van der Waals surface area (Å²) >= 11 is 0. The Morgan fingerprint density at radius 1 is 0.952 bits per heavy atom. The predicted octanol–water partition coefficient (Wildman–Crippen LogP) is 3.28. The number of carbonyl (C=O) groups is 2. The number of ether oxygens (including phenoxy) is 2. The van der Waals surface area contributed by atoms with Gasteiger partial charge in [-0.05, 0) is 32.0 Å². The largest absolute Gasteiger partial charge is 0.466 e. The third kappa shape index (κ3) is 7.62. The van der Waals surface area contributed by atoms with Gasteiger partial charge in [-0.25, -0.2) is 0 Å². The zero-order valence-corrected chi connectivity index (χ0v) is 15.4. The normalized spacial score (nSPS) is 12.4. The summed E-state index contributed by atoms with van der Waals surface area (Å²) in [4.78, 5) is 23.4. The maximum absolute atomic E-state index is 11.7. The zero-order chi connectivity index (χ0) is 16.7. The molecule has 0 aliphatic heterocycles. The van der Waals surface area contributed by atoms with Crippen molar-refractivity contribution in [2.45, 2.75) is 71.7 Å². The molecule has 0 N–H and O–H groups in total. The molecule has 124 valence electrons. The molecule has 0 rings (SSSR count). The van der Waals surface area contributed by atoms with E-state index < -0.39 is 14.4 Å². The van der Waals surface area contributed by atoms with Crippen LogP contribution in [-0.2, 0) is 23.5 Å². The van der Waals surface area contributed by atoms with Crippen molar-refractivity contribution in [2.24, 2.45) is 0 Å². The van der Waals surface area contributed by atoms with E-state index in [0.717, 1.165) is 0 Å². The molecule has 6 heteroatoms. The molecule has 0 amide bonds. The van der Waals surface area contributed by atoms with Crippen molar-refractivity contribution < 1.29 is 23.5 Å². The van der Waals surface area contributed by atoms with E-state index in [0.29, 0.717) is 13.2 Å². The molecule has 0 aromatic rings. The number of rotatable bonds is 8. The minimum atomic E-state index is -2.06. The highest BCUT2D eigenvalue weighted by Crippen LogP contribution is 2.38. The molecule has 5 nitrogen and oxygen atoms in total. The van der Waals surface area contributed by atoms with E-state index in [4.69, 9.17) is 13.9 Å². The van der Waals surface area contributed by atoms with Gasteiger partial charge in [0.15, 0.2) is 8.32 Å². The molecule has 0 fully saturated rings. The SMILES string of the molecule is CCOC(=O)CC(CC(=O)OCC)O[Si](C)(C)C(C)(C)C. The third-order valence-corrected chi connectivity index (χ3v) is 8.20. The van der Waals surface area contributed by atoms with Gasteiger partial charge >= 0.3 is 11.9 Å². The second-order valence-corrected chi connectivity index (χ2v) is 11.3. The molecule has 0 atom stereocenters. The Morgan fingerprint density at radius 3 is 1.62 bits per heavy atom. The number of hydrogen-bond acceptors (Lipinski definition) is 5. The Balaban J connectivity index is 4.87. The van der Waals surface area contributed by atoms with Gasteiger partial charge in [0.2, 0.25) is 0 Å². The van der Waals surface area contributed by atoms with Gasteiger partial charge in [0, 0.05) is 0 Å². The molecule has 0 aliphatic rings. The highest BCUT2D eigenvalue weighted by Gasteiger charge is 2.40. The highest BCUT2D eigenvalue weighted by atomic mass is 28.4. The van der Waals surface area contributed by atoms with Gasteiger partial charge in [-0.1, -0.05) is 20.8 Å². The van der Waals surface area contributed by atoms with E-state index in [9.17, 15) is 9.59 Å². The fourth-order valence-electron chi connectivity index (χ4n) is 1.56. The van der Waals surface area contributed by atoms with E-state index in [1.165, 1.54) is 0 Å². The smallest absolute Gasteiger partial charge is 0.308 e. The Labute approximate surface area is 129 Å². The monoisotopic (exact) mass is 318 g/mol. The summed E-state index contributed by atoms with van der Waals surface area (Å²) in [6.07, 6.45) is -0.317. The average Bonchev–Trinajstić information content (AvgIpc) is 2.26. The van der Waals surface area contributed by atoms with Crippen LogP contribution in [0.2, 0.25) is 18.1 Å². The van der Waals surface area contributed by atoms with Gasteiger partial charge in [-0.15, -0.1) is 0 Å². The number of esters is 2. The molecule has 21 heavy (non-hydrogen) atoms. The summed E-state index contributed by atoms with van der Waals surface area (Å²) in [5.41, 5.74) is 0. The molecule has 0 aliphatic carbocycles. The number of hydrogen-bond donors (Lipinski definition) is 0.